The largest absolute Gasteiger partial charge is 0.508 e. The Bertz CT molecular complexity index is 1020. The highest BCUT2D eigenvalue weighted by molar-refractivity contribution is 6.23. The molecule has 2 aromatic carbocycles. The van der Waals surface area contributed by atoms with Gasteiger partial charge >= 0.3 is 0 Å². The van der Waals surface area contributed by atoms with Crippen molar-refractivity contribution in [1.29, 1.82) is 0 Å². The van der Waals surface area contributed by atoms with E-state index in [1.807, 2.05) is 35.0 Å². The van der Waals surface area contributed by atoms with Crippen LogP contribution in [0, 0.1) is 0 Å². The van der Waals surface area contributed by atoms with Crippen LogP contribution in [0.2, 0.25) is 0 Å². The lowest BCUT2D eigenvalue weighted by molar-refractivity contribution is -0.121. The zero-order chi connectivity index (χ0) is 18.3. The van der Waals surface area contributed by atoms with Crippen LogP contribution in [0.25, 0.3) is 10.9 Å². The van der Waals surface area contributed by atoms with Crippen LogP contribution >= 0.6 is 0 Å². The molecule has 4 rings (SSSR count). The molecule has 3 aromatic rings. The molecule has 1 aromatic heterocycles. The van der Waals surface area contributed by atoms with Gasteiger partial charge in [-0.1, -0.05) is 24.3 Å². The molecule has 2 heterocycles. The third-order valence-electron chi connectivity index (χ3n) is 4.78. The Morgan fingerprint density at radius 2 is 1.85 bits per heavy atom. The molecule has 1 aliphatic heterocycles. The van der Waals surface area contributed by atoms with Crippen molar-refractivity contribution in [1.82, 2.24) is 4.57 Å². The van der Waals surface area contributed by atoms with E-state index in [2.05, 4.69) is 6.58 Å². The van der Waals surface area contributed by atoms with Gasteiger partial charge in [-0.15, -0.1) is 6.58 Å². The molecule has 2 amide bonds. The van der Waals surface area contributed by atoms with Gasteiger partial charge in [0.2, 0.25) is 11.8 Å². The minimum atomic E-state index is -0.507. The Balaban J connectivity index is 1.76. The second-order valence-corrected chi connectivity index (χ2v) is 6.38. The fourth-order valence-electron chi connectivity index (χ4n) is 3.59. The summed E-state index contributed by atoms with van der Waals surface area (Å²) in [5, 5.41) is 10.4. The number of aromatic nitrogens is 1. The van der Waals surface area contributed by atoms with Crippen LogP contribution in [0.1, 0.15) is 17.9 Å². The lowest BCUT2D eigenvalue weighted by atomic mass is 9.97. The summed E-state index contributed by atoms with van der Waals surface area (Å²) in [7, 11) is 0. The van der Waals surface area contributed by atoms with Crippen molar-refractivity contribution in [3.63, 3.8) is 0 Å². The van der Waals surface area contributed by atoms with E-state index in [-0.39, 0.29) is 24.0 Å². The lowest BCUT2D eigenvalue weighted by Gasteiger charge is -2.15. The number of nitrogens with zero attached hydrogens (tertiary/aromatic N) is 2. The van der Waals surface area contributed by atoms with Gasteiger partial charge < -0.3 is 9.67 Å². The fourth-order valence-corrected chi connectivity index (χ4v) is 3.59. The van der Waals surface area contributed by atoms with E-state index in [9.17, 15) is 14.7 Å². The fraction of sp³-hybridized carbons (Fsp3) is 0.143. The van der Waals surface area contributed by atoms with Crippen molar-refractivity contribution >= 4 is 28.4 Å². The van der Waals surface area contributed by atoms with E-state index in [1.54, 1.807) is 18.2 Å². The highest BCUT2D eigenvalue weighted by atomic mass is 16.3. The predicted molar refractivity (Wildman–Crippen MR) is 100 cm³/mol. The summed E-state index contributed by atoms with van der Waals surface area (Å²) in [5.41, 5.74) is 2.36. The summed E-state index contributed by atoms with van der Waals surface area (Å²) in [6.07, 6.45) is 3.89. The van der Waals surface area contributed by atoms with Crippen molar-refractivity contribution in [2.45, 2.75) is 18.9 Å². The average Bonchev–Trinajstić information content (AvgIpc) is 3.14. The summed E-state index contributed by atoms with van der Waals surface area (Å²) in [4.78, 5) is 26.8. The van der Waals surface area contributed by atoms with Gasteiger partial charge in [0.25, 0.3) is 0 Å². The molecule has 5 heteroatoms. The molecule has 0 unspecified atom stereocenters. The van der Waals surface area contributed by atoms with Crippen molar-refractivity contribution < 1.29 is 14.7 Å². The number of carbonyl (C=O) groups excluding carboxylic acids is 2. The molecule has 5 nitrogen and oxygen atoms in total. The monoisotopic (exact) mass is 346 g/mol. The number of rotatable bonds is 4. The van der Waals surface area contributed by atoms with Crippen molar-refractivity contribution in [3.8, 4) is 5.75 Å². The molecular weight excluding hydrogens is 328 g/mol. The summed E-state index contributed by atoms with van der Waals surface area (Å²) in [5.74, 6) is -0.877. The van der Waals surface area contributed by atoms with Gasteiger partial charge in [-0.25, -0.2) is 0 Å². The zero-order valence-electron chi connectivity index (χ0n) is 14.1. The number of imide groups is 1. The number of phenols is 1. The Labute approximate surface area is 150 Å². The third kappa shape index (κ3) is 2.49. The number of fused-ring (bicyclic) bond motifs is 1. The first-order chi connectivity index (χ1) is 12.6. The lowest BCUT2D eigenvalue weighted by Crippen LogP contribution is -2.29. The molecule has 26 heavy (non-hydrogen) atoms. The summed E-state index contributed by atoms with van der Waals surface area (Å²) in [6.45, 7) is 4.42. The second-order valence-electron chi connectivity index (χ2n) is 6.38. The maximum atomic E-state index is 13.0. The molecule has 1 saturated heterocycles. The number of allylic oxidation sites excluding steroid dienone is 1. The quantitative estimate of drug-likeness (QED) is 0.580. The molecular formula is C21H18N2O3. The number of para-hydroxylation sites is 1. The number of amides is 2. The van der Waals surface area contributed by atoms with Gasteiger partial charge in [0, 0.05) is 30.1 Å². The molecule has 0 radical (unpaired) electrons. The second kappa shape index (κ2) is 6.19. The van der Waals surface area contributed by atoms with Gasteiger partial charge in [0.1, 0.15) is 5.75 Å². The minimum Gasteiger partial charge on any atom is -0.508 e. The van der Waals surface area contributed by atoms with Crippen LogP contribution < -0.4 is 4.90 Å². The molecule has 1 N–H and O–H groups in total. The molecule has 1 atom stereocenters. The Kier molecular flexibility index (Phi) is 3.84. The summed E-state index contributed by atoms with van der Waals surface area (Å²) < 4.78 is 2.04. The van der Waals surface area contributed by atoms with E-state index in [0.717, 1.165) is 16.5 Å². The topological polar surface area (TPSA) is 62.5 Å². The SMILES string of the molecule is C=CCn1cc([C@@H]2CC(=O)N(c3ccc(O)cc3)C2=O)c2ccccc21. The first-order valence-corrected chi connectivity index (χ1v) is 8.44. The van der Waals surface area contributed by atoms with Crippen LogP contribution in [0.4, 0.5) is 5.69 Å². The van der Waals surface area contributed by atoms with Crippen molar-refractivity contribution in [2.24, 2.45) is 0 Å². The predicted octanol–water partition coefficient (Wildman–Crippen LogP) is 3.58. The van der Waals surface area contributed by atoms with E-state index in [4.69, 9.17) is 0 Å². The highest BCUT2D eigenvalue weighted by Gasteiger charge is 2.41. The van der Waals surface area contributed by atoms with Crippen LogP contribution in [-0.4, -0.2) is 21.5 Å². The van der Waals surface area contributed by atoms with Gasteiger partial charge in [-0.3, -0.25) is 14.5 Å². The van der Waals surface area contributed by atoms with E-state index < -0.39 is 5.92 Å². The van der Waals surface area contributed by atoms with Gasteiger partial charge in [0.15, 0.2) is 0 Å². The minimum absolute atomic E-state index is 0.0943. The molecule has 130 valence electrons. The molecule has 0 spiro atoms. The van der Waals surface area contributed by atoms with Crippen LogP contribution in [0.15, 0.2) is 67.4 Å². The molecule has 1 aliphatic rings. The van der Waals surface area contributed by atoms with Crippen molar-refractivity contribution in [2.75, 3.05) is 4.90 Å². The number of hydrogen-bond donors (Lipinski definition) is 1. The Morgan fingerprint density at radius 1 is 1.12 bits per heavy atom. The number of anilines is 1. The van der Waals surface area contributed by atoms with E-state index in [0.29, 0.717) is 12.2 Å². The smallest absolute Gasteiger partial charge is 0.241 e. The summed E-state index contributed by atoms with van der Waals surface area (Å²) in [6, 6.07) is 14.0. The number of carbonyl (C=O) groups is 2. The van der Waals surface area contributed by atoms with Gasteiger partial charge in [0.05, 0.1) is 11.6 Å². The standard InChI is InChI=1S/C21H18N2O3/c1-2-11-22-13-18(16-5-3-4-6-19(16)22)17-12-20(25)23(21(17)26)14-7-9-15(24)10-8-14/h2-10,13,17,24H,1,11-12H2/t17-/m0/s1. The molecule has 0 aliphatic carbocycles. The first kappa shape index (κ1) is 16.1. The number of aromatic hydroxyl groups is 1. The third-order valence-corrected chi connectivity index (χ3v) is 4.78. The van der Waals surface area contributed by atoms with Gasteiger partial charge in [-0.2, -0.15) is 0 Å². The Morgan fingerprint density at radius 3 is 2.58 bits per heavy atom. The van der Waals surface area contributed by atoms with Crippen LogP contribution in [-0.2, 0) is 16.1 Å². The molecule has 1 fully saturated rings. The molecule has 0 saturated carbocycles. The first-order valence-electron chi connectivity index (χ1n) is 8.44. The van der Waals surface area contributed by atoms with Crippen molar-refractivity contribution in [3.05, 3.63) is 72.9 Å². The molecule has 0 bridgehead atoms. The number of phenolic OH excluding ortho intramolecular Hbond substituents is 1. The van der Waals surface area contributed by atoms with E-state index >= 15 is 0 Å². The zero-order valence-corrected chi connectivity index (χ0v) is 14.1. The highest BCUT2D eigenvalue weighted by Crippen LogP contribution is 2.37. The number of benzene rings is 2. The number of hydrogen-bond acceptors (Lipinski definition) is 3. The van der Waals surface area contributed by atoms with Gasteiger partial charge in [-0.05, 0) is 35.9 Å². The maximum absolute atomic E-state index is 13.0. The average molecular weight is 346 g/mol. The summed E-state index contributed by atoms with van der Waals surface area (Å²) >= 11 is 0. The van der Waals surface area contributed by atoms with E-state index in [1.165, 1.54) is 17.0 Å². The normalized spacial score (nSPS) is 17.2. The van der Waals surface area contributed by atoms with Crippen LogP contribution in [0.5, 0.6) is 5.75 Å². The maximum Gasteiger partial charge on any atom is 0.241 e. The Hall–Kier alpha value is -3.34. The van der Waals surface area contributed by atoms with Crippen LogP contribution in [0.3, 0.4) is 0 Å².